The average molecular weight is 162 g/mol. The Balaban J connectivity index is 3.36. The molecule has 0 heterocycles. The highest BCUT2D eigenvalue weighted by Gasteiger charge is 2.10. The van der Waals surface area contributed by atoms with E-state index in [4.69, 9.17) is 4.43 Å². The van der Waals surface area contributed by atoms with Gasteiger partial charge in [-0.2, -0.15) is 0 Å². The van der Waals surface area contributed by atoms with Gasteiger partial charge in [0.2, 0.25) is 0 Å². The van der Waals surface area contributed by atoms with Crippen LogP contribution in [0, 0.1) is 0 Å². The molecule has 0 aliphatic heterocycles. The fraction of sp³-hybridized carbons (Fsp3) is 1.00. The van der Waals surface area contributed by atoms with Crippen molar-refractivity contribution in [1.29, 1.82) is 0 Å². The minimum Gasteiger partial charge on any atom is -0.374 e. The van der Waals surface area contributed by atoms with Crippen molar-refractivity contribution in [2.24, 2.45) is 0 Å². The Hall–Kier alpha value is 0.137. The van der Waals surface area contributed by atoms with Crippen LogP contribution < -0.4 is 0 Å². The van der Waals surface area contributed by atoms with Crippen LogP contribution in [0.5, 0.6) is 0 Å². The molecule has 0 rings (SSSR count). The lowest BCUT2D eigenvalue weighted by Crippen LogP contribution is -2.41. The lowest BCUT2D eigenvalue weighted by Gasteiger charge is -2.25. The maximum Gasteiger partial charge on any atom is 0.405 e. The van der Waals surface area contributed by atoms with Crippen LogP contribution in [0.1, 0.15) is 20.3 Å². The molecule has 2 nitrogen and oxygen atoms in total. The van der Waals surface area contributed by atoms with Gasteiger partial charge in [-0.05, 0) is 13.3 Å². The fourth-order valence-electron chi connectivity index (χ4n) is 0.469. The first-order valence-corrected chi connectivity index (χ1v) is 5.08. The van der Waals surface area contributed by atoms with Crippen molar-refractivity contribution in [3.63, 3.8) is 0 Å². The fourth-order valence-corrected chi connectivity index (χ4v) is 1.41. The van der Waals surface area contributed by atoms with Crippen molar-refractivity contribution in [2.45, 2.75) is 26.4 Å². The van der Waals surface area contributed by atoms with Crippen LogP contribution in [0.25, 0.3) is 0 Å². The molecule has 10 heavy (non-hydrogen) atoms. The molecule has 0 fully saturated rings. The van der Waals surface area contributed by atoms with E-state index in [0.29, 0.717) is 6.10 Å². The van der Waals surface area contributed by atoms with E-state index < -0.39 is 0 Å². The number of nitrogens with zero attached hydrogens (tertiary/aromatic N) is 1. The average Bonchev–Trinajstić information content (AvgIpc) is 1.81. The predicted molar refractivity (Wildman–Crippen MR) is 47.4 cm³/mol. The van der Waals surface area contributed by atoms with Crippen LogP contribution in [-0.2, 0) is 4.43 Å². The molecule has 0 N–H and O–H groups in total. The van der Waals surface area contributed by atoms with Gasteiger partial charge in [0, 0.05) is 6.10 Å². The lowest BCUT2D eigenvalue weighted by atomic mass is 10.3. The van der Waals surface area contributed by atoms with Crippen molar-refractivity contribution >= 4 is 9.92 Å². The molecule has 0 aromatic heterocycles. The summed E-state index contributed by atoms with van der Waals surface area (Å²) in [7, 11) is 6.20. The van der Waals surface area contributed by atoms with Gasteiger partial charge in [0.15, 0.2) is 0 Å². The van der Waals surface area contributed by atoms with E-state index in [0.717, 1.165) is 10.6 Å². The minimum atomic E-state index is -0.371. The standard InChI is InChI=1S/C7H20NOSi/c1-6-7(2)9-10-8(3,4)5/h7H,6,10H2,1-5H3/q+1. The first-order chi connectivity index (χ1) is 4.45. The highest BCUT2D eigenvalue weighted by molar-refractivity contribution is 6.17. The zero-order valence-corrected chi connectivity index (χ0v) is 9.26. The van der Waals surface area contributed by atoms with Gasteiger partial charge in [-0.15, -0.1) is 0 Å². The lowest BCUT2D eigenvalue weighted by molar-refractivity contribution is -0.763. The van der Waals surface area contributed by atoms with E-state index in [9.17, 15) is 0 Å². The molecule has 0 saturated carbocycles. The molecule has 1 unspecified atom stereocenters. The monoisotopic (exact) mass is 162 g/mol. The predicted octanol–water partition coefficient (Wildman–Crippen LogP) is 0.506. The first kappa shape index (κ1) is 10.1. The molecule has 0 spiro atoms. The van der Waals surface area contributed by atoms with Gasteiger partial charge in [0.25, 0.3) is 0 Å². The Morgan fingerprint density at radius 1 is 1.40 bits per heavy atom. The summed E-state index contributed by atoms with van der Waals surface area (Å²) in [6.45, 7) is 4.30. The topological polar surface area (TPSA) is 9.23 Å². The normalized spacial score (nSPS) is 16.5. The van der Waals surface area contributed by atoms with E-state index in [1.54, 1.807) is 0 Å². The second kappa shape index (κ2) is 4.11. The molecule has 0 radical (unpaired) electrons. The number of hydrogen-bond donors (Lipinski definition) is 0. The van der Waals surface area contributed by atoms with Gasteiger partial charge in [-0.25, -0.2) is 0 Å². The van der Waals surface area contributed by atoms with Crippen molar-refractivity contribution in [3.05, 3.63) is 0 Å². The number of hydrogen-bond acceptors (Lipinski definition) is 1. The Kier molecular flexibility index (Phi) is 4.16. The molecule has 0 bridgehead atoms. The highest BCUT2D eigenvalue weighted by Crippen LogP contribution is 1.96. The SMILES string of the molecule is CCC(C)O[SiH2][N+](C)(C)C. The summed E-state index contributed by atoms with van der Waals surface area (Å²) in [5.74, 6) is 0. The zero-order chi connectivity index (χ0) is 8.20. The summed E-state index contributed by atoms with van der Waals surface area (Å²) in [5.41, 5.74) is 0. The maximum atomic E-state index is 5.67. The summed E-state index contributed by atoms with van der Waals surface area (Å²) in [6.07, 6.45) is 1.59. The van der Waals surface area contributed by atoms with Crippen LogP contribution in [0.3, 0.4) is 0 Å². The summed E-state index contributed by atoms with van der Waals surface area (Å²) < 4.78 is 6.68. The third kappa shape index (κ3) is 6.26. The highest BCUT2D eigenvalue weighted by atomic mass is 28.2. The molecule has 0 saturated heterocycles. The van der Waals surface area contributed by atoms with E-state index in [2.05, 4.69) is 35.0 Å². The molecule has 0 aliphatic rings. The summed E-state index contributed by atoms with van der Waals surface area (Å²) in [4.78, 5) is 0. The largest absolute Gasteiger partial charge is 0.405 e. The zero-order valence-electron chi connectivity index (χ0n) is 7.85. The third-order valence-electron chi connectivity index (χ3n) is 1.32. The quantitative estimate of drug-likeness (QED) is 0.547. The van der Waals surface area contributed by atoms with Crippen LogP contribution >= 0.6 is 0 Å². The summed E-state index contributed by atoms with van der Waals surface area (Å²) >= 11 is 0. The van der Waals surface area contributed by atoms with Crippen LogP contribution in [-0.4, -0.2) is 41.3 Å². The summed E-state index contributed by atoms with van der Waals surface area (Å²) in [5, 5.41) is 0. The molecule has 0 aromatic carbocycles. The summed E-state index contributed by atoms with van der Waals surface area (Å²) in [6, 6.07) is 0. The molecule has 1 atom stereocenters. The van der Waals surface area contributed by atoms with Crippen LogP contribution in [0.4, 0.5) is 0 Å². The molecular weight excluding hydrogens is 142 g/mol. The van der Waals surface area contributed by atoms with Gasteiger partial charge in [0.1, 0.15) is 0 Å². The Morgan fingerprint density at radius 2 is 1.90 bits per heavy atom. The minimum absolute atomic E-state index is 0.371. The van der Waals surface area contributed by atoms with Crippen molar-refractivity contribution in [2.75, 3.05) is 21.1 Å². The van der Waals surface area contributed by atoms with Crippen LogP contribution in [0.2, 0.25) is 0 Å². The Morgan fingerprint density at radius 3 is 2.20 bits per heavy atom. The smallest absolute Gasteiger partial charge is 0.374 e. The van der Waals surface area contributed by atoms with Gasteiger partial charge in [-0.3, -0.25) is 0 Å². The third-order valence-corrected chi connectivity index (χ3v) is 2.81. The first-order valence-electron chi connectivity index (χ1n) is 3.87. The molecule has 3 heteroatoms. The van der Waals surface area contributed by atoms with Gasteiger partial charge in [-0.1, -0.05) is 6.92 Å². The second-order valence-electron chi connectivity index (χ2n) is 3.80. The second-order valence-corrected chi connectivity index (χ2v) is 6.29. The van der Waals surface area contributed by atoms with E-state index >= 15 is 0 Å². The van der Waals surface area contributed by atoms with Crippen molar-refractivity contribution in [3.8, 4) is 0 Å². The van der Waals surface area contributed by atoms with Crippen molar-refractivity contribution in [1.82, 2.24) is 0 Å². The molecule has 0 amide bonds. The van der Waals surface area contributed by atoms with Crippen LogP contribution in [0.15, 0.2) is 0 Å². The Bertz CT molecular complexity index is 90.1. The molecule has 0 aliphatic carbocycles. The molecule has 0 aromatic rings. The molecular formula is C7H20NOSi+. The van der Waals surface area contributed by atoms with E-state index in [1.807, 2.05) is 0 Å². The van der Waals surface area contributed by atoms with E-state index in [-0.39, 0.29) is 9.92 Å². The van der Waals surface area contributed by atoms with Crippen molar-refractivity contribution < 1.29 is 8.57 Å². The number of rotatable bonds is 4. The van der Waals surface area contributed by atoms with Gasteiger partial charge >= 0.3 is 9.92 Å². The Labute approximate surface area is 66.8 Å². The van der Waals surface area contributed by atoms with Gasteiger partial charge < -0.3 is 8.57 Å². The number of quaternary nitrogens is 1. The van der Waals surface area contributed by atoms with Gasteiger partial charge in [0.05, 0.1) is 21.1 Å². The van der Waals surface area contributed by atoms with E-state index in [1.165, 1.54) is 0 Å². The molecule has 62 valence electrons. The maximum absolute atomic E-state index is 5.67.